The van der Waals surface area contributed by atoms with Gasteiger partial charge >= 0.3 is 0 Å². The van der Waals surface area contributed by atoms with Gasteiger partial charge in [0, 0.05) is 16.2 Å². The Morgan fingerprint density at radius 3 is 2.00 bits per heavy atom. The lowest BCUT2D eigenvalue weighted by molar-refractivity contribution is 0.407. The van der Waals surface area contributed by atoms with Gasteiger partial charge in [0.1, 0.15) is 0 Å². The van der Waals surface area contributed by atoms with Crippen LogP contribution in [0.3, 0.4) is 0 Å². The van der Waals surface area contributed by atoms with Crippen LogP contribution in [0, 0.1) is 16.2 Å². The van der Waals surface area contributed by atoms with E-state index in [1.165, 1.54) is 19.3 Å². The fourth-order valence-corrected chi connectivity index (χ4v) is 5.41. The molecule has 4 unspecified atom stereocenters. The predicted octanol–water partition coefficient (Wildman–Crippen LogP) is 5.93. The molecule has 5 rings (SSSR count). The van der Waals surface area contributed by atoms with Gasteiger partial charge in [0.05, 0.1) is 3.42 Å². The molecule has 0 aromatic carbocycles. The first-order valence-corrected chi connectivity index (χ1v) is 9.07. The Morgan fingerprint density at radius 1 is 0.810 bits per heavy atom. The van der Waals surface area contributed by atoms with Crippen LogP contribution in [-0.4, -0.2) is 3.42 Å². The SMILES string of the molecule is CC12C=CC(I)(C=C3C(=C1)C1(C)C=CC=CC3(C)C1)CC2. The van der Waals surface area contributed by atoms with Gasteiger partial charge in [0.15, 0.2) is 0 Å². The molecule has 4 atom stereocenters. The largest absolute Gasteiger partial charge is 0.0772 e. The molecule has 0 amide bonds. The summed E-state index contributed by atoms with van der Waals surface area (Å²) in [4.78, 5) is 0. The third-order valence-electron chi connectivity index (χ3n) is 5.94. The minimum absolute atomic E-state index is 0.184. The van der Waals surface area contributed by atoms with Crippen LogP contribution in [0.15, 0.2) is 59.8 Å². The Kier molecular flexibility index (Phi) is 2.70. The van der Waals surface area contributed by atoms with Crippen LogP contribution in [0.2, 0.25) is 0 Å². The number of halogens is 1. The molecule has 0 spiro atoms. The van der Waals surface area contributed by atoms with Crippen LogP contribution in [0.1, 0.15) is 40.0 Å². The molecule has 1 fully saturated rings. The fourth-order valence-electron chi connectivity index (χ4n) is 4.65. The number of hydrogen-bond acceptors (Lipinski definition) is 0. The van der Waals surface area contributed by atoms with Crippen molar-refractivity contribution in [3.63, 3.8) is 0 Å². The first kappa shape index (κ1) is 14.0. The van der Waals surface area contributed by atoms with E-state index in [1.807, 2.05) is 0 Å². The van der Waals surface area contributed by atoms with Crippen LogP contribution in [0.4, 0.5) is 0 Å². The van der Waals surface area contributed by atoms with E-state index in [1.54, 1.807) is 11.1 Å². The van der Waals surface area contributed by atoms with E-state index in [0.29, 0.717) is 0 Å². The molecule has 0 aromatic heterocycles. The van der Waals surface area contributed by atoms with Crippen molar-refractivity contribution in [3.8, 4) is 0 Å². The molecule has 4 bridgehead atoms. The summed E-state index contributed by atoms with van der Waals surface area (Å²) >= 11 is 2.66. The van der Waals surface area contributed by atoms with E-state index in [4.69, 9.17) is 0 Å². The summed E-state index contributed by atoms with van der Waals surface area (Å²) in [5.41, 5.74) is 3.76. The van der Waals surface area contributed by atoms with E-state index in [-0.39, 0.29) is 19.7 Å². The standard InChI is InChI=1S/C20H23I/c1-17-8-10-20(21,11-9-17)13-16-15(12-17)18(2)6-4-5-7-19(16,3)14-18/h4-8,10,12-13H,9,11,14H2,1-3H3. The highest BCUT2D eigenvalue weighted by Gasteiger charge is 2.51. The maximum absolute atomic E-state index is 2.66. The zero-order valence-electron chi connectivity index (χ0n) is 13.1. The molecule has 5 aliphatic rings. The summed E-state index contributed by atoms with van der Waals surface area (Å²) in [6.07, 6.45) is 23.1. The highest BCUT2D eigenvalue weighted by molar-refractivity contribution is 14.1. The number of alkyl halides is 1. The predicted molar refractivity (Wildman–Crippen MR) is 98.5 cm³/mol. The number of allylic oxidation sites excluding steroid dienone is 10. The van der Waals surface area contributed by atoms with Crippen molar-refractivity contribution in [1.82, 2.24) is 0 Å². The van der Waals surface area contributed by atoms with Crippen LogP contribution in [0.5, 0.6) is 0 Å². The molecule has 1 heteroatoms. The normalized spacial score (nSPS) is 50.1. The summed E-state index contributed by atoms with van der Waals surface area (Å²) in [7, 11) is 0. The Morgan fingerprint density at radius 2 is 1.43 bits per heavy atom. The summed E-state index contributed by atoms with van der Waals surface area (Å²) in [6, 6.07) is 0. The molecule has 0 saturated heterocycles. The number of rotatable bonds is 0. The number of hydrogen-bond donors (Lipinski definition) is 0. The molecular weight excluding hydrogens is 367 g/mol. The Hall–Kier alpha value is -0.570. The topological polar surface area (TPSA) is 0 Å². The quantitative estimate of drug-likeness (QED) is 0.273. The highest BCUT2D eigenvalue weighted by Crippen LogP contribution is 2.62. The van der Waals surface area contributed by atoms with Gasteiger partial charge in [0.2, 0.25) is 0 Å². The molecule has 0 N–H and O–H groups in total. The molecule has 0 aromatic rings. The van der Waals surface area contributed by atoms with Gasteiger partial charge in [-0.05, 0) is 30.4 Å². The van der Waals surface area contributed by atoms with Crippen molar-refractivity contribution >= 4 is 22.6 Å². The molecule has 5 aliphatic carbocycles. The van der Waals surface area contributed by atoms with Crippen molar-refractivity contribution in [1.29, 1.82) is 0 Å². The van der Waals surface area contributed by atoms with Crippen LogP contribution < -0.4 is 0 Å². The molecule has 0 heterocycles. The van der Waals surface area contributed by atoms with Gasteiger partial charge in [-0.2, -0.15) is 0 Å². The van der Waals surface area contributed by atoms with Crippen molar-refractivity contribution in [2.24, 2.45) is 16.2 Å². The van der Waals surface area contributed by atoms with Gasteiger partial charge < -0.3 is 0 Å². The van der Waals surface area contributed by atoms with Crippen molar-refractivity contribution in [3.05, 3.63) is 59.8 Å². The Labute approximate surface area is 141 Å². The summed E-state index contributed by atoms with van der Waals surface area (Å²) in [5, 5.41) is 0. The third-order valence-corrected chi connectivity index (χ3v) is 7.15. The monoisotopic (exact) mass is 390 g/mol. The van der Waals surface area contributed by atoms with Gasteiger partial charge in [-0.15, -0.1) is 0 Å². The average Bonchev–Trinajstić information content (AvgIpc) is 2.53. The van der Waals surface area contributed by atoms with Gasteiger partial charge in [-0.25, -0.2) is 0 Å². The molecule has 21 heavy (non-hydrogen) atoms. The summed E-state index contributed by atoms with van der Waals surface area (Å²) in [5.74, 6) is 0. The van der Waals surface area contributed by atoms with E-state index in [9.17, 15) is 0 Å². The molecule has 0 aliphatic heterocycles. The van der Waals surface area contributed by atoms with Crippen molar-refractivity contribution in [2.45, 2.75) is 43.5 Å². The number of fused-ring (bicyclic) bond motifs is 3. The van der Waals surface area contributed by atoms with E-state index in [0.717, 1.165) is 0 Å². The summed E-state index contributed by atoms with van der Waals surface area (Å²) in [6.45, 7) is 7.24. The lowest BCUT2D eigenvalue weighted by Gasteiger charge is -2.39. The molecular formula is C20H23I. The maximum atomic E-state index is 2.66. The zero-order valence-corrected chi connectivity index (χ0v) is 15.3. The van der Waals surface area contributed by atoms with Crippen LogP contribution in [0.25, 0.3) is 0 Å². The lowest BCUT2D eigenvalue weighted by atomic mass is 9.69. The van der Waals surface area contributed by atoms with Crippen molar-refractivity contribution < 1.29 is 0 Å². The second-order valence-corrected chi connectivity index (χ2v) is 10.1. The first-order chi connectivity index (χ1) is 9.76. The third kappa shape index (κ3) is 1.99. The molecule has 0 nitrogen and oxygen atoms in total. The van der Waals surface area contributed by atoms with E-state index >= 15 is 0 Å². The maximum Gasteiger partial charge on any atom is 0.0587 e. The van der Waals surface area contributed by atoms with E-state index < -0.39 is 0 Å². The van der Waals surface area contributed by atoms with Gasteiger partial charge in [-0.3, -0.25) is 0 Å². The smallest absolute Gasteiger partial charge is 0.0587 e. The zero-order chi connectivity index (χ0) is 14.9. The second-order valence-electron chi connectivity index (χ2n) is 8.11. The van der Waals surface area contributed by atoms with Crippen molar-refractivity contribution in [2.75, 3.05) is 0 Å². The minimum atomic E-state index is 0.184. The molecule has 1 saturated carbocycles. The van der Waals surface area contributed by atoms with Crippen LogP contribution >= 0.6 is 22.6 Å². The average molecular weight is 390 g/mol. The molecule has 110 valence electrons. The Balaban J connectivity index is 2.02. The fraction of sp³-hybridized carbons (Fsp3) is 0.500. The van der Waals surface area contributed by atoms with Gasteiger partial charge in [0.25, 0.3) is 0 Å². The second kappa shape index (κ2) is 4.04. The van der Waals surface area contributed by atoms with Crippen LogP contribution in [-0.2, 0) is 0 Å². The first-order valence-electron chi connectivity index (χ1n) is 8.00. The highest BCUT2D eigenvalue weighted by atomic mass is 127. The minimum Gasteiger partial charge on any atom is -0.0772 e. The summed E-state index contributed by atoms with van der Waals surface area (Å²) < 4.78 is 0.204. The van der Waals surface area contributed by atoms with Gasteiger partial charge in [-0.1, -0.05) is 92.0 Å². The lowest BCUT2D eigenvalue weighted by Crippen LogP contribution is -2.30. The Bertz CT molecular complexity index is 605. The van der Waals surface area contributed by atoms with E-state index in [2.05, 4.69) is 92.0 Å². The molecule has 0 radical (unpaired) electrons.